The summed E-state index contributed by atoms with van der Waals surface area (Å²) in [5.41, 5.74) is 2.62. The average Bonchev–Trinajstić information content (AvgIpc) is 2.94. The molecule has 0 unspecified atom stereocenters. The molecule has 8 nitrogen and oxygen atoms in total. The topological polar surface area (TPSA) is 99.5 Å². The largest absolute Gasteiger partial charge is 0.497 e. The van der Waals surface area contributed by atoms with Gasteiger partial charge in [0.15, 0.2) is 0 Å². The van der Waals surface area contributed by atoms with Gasteiger partial charge in [-0.2, -0.15) is 0 Å². The minimum absolute atomic E-state index is 0.145. The van der Waals surface area contributed by atoms with Crippen molar-refractivity contribution in [2.75, 3.05) is 18.9 Å². The number of aryl methyl sites for hydroxylation is 3. The van der Waals surface area contributed by atoms with Gasteiger partial charge in [0.25, 0.3) is 10.0 Å². The molecule has 148 valence electrons. The number of nitrogens with one attached hydrogen (secondary N) is 1. The summed E-state index contributed by atoms with van der Waals surface area (Å²) in [6.07, 6.45) is 0. The van der Waals surface area contributed by atoms with Gasteiger partial charge in [0.2, 0.25) is 5.95 Å². The Kier molecular flexibility index (Phi) is 5.03. The Bertz CT molecular complexity index is 1160. The van der Waals surface area contributed by atoms with Gasteiger partial charge in [0, 0.05) is 7.05 Å². The van der Waals surface area contributed by atoms with Crippen molar-refractivity contribution < 1.29 is 22.7 Å². The zero-order valence-electron chi connectivity index (χ0n) is 16.2. The van der Waals surface area contributed by atoms with E-state index < -0.39 is 16.0 Å². The third-order valence-corrected chi connectivity index (χ3v) is 6.10. The van der Waals surface area contributed by atoms with Crippen molar-refractivity contribution in [3.05, 3.63) is 47.0 Å². The number of hydrogen-bond acceptors (Lipinski definition) is 6. The summed E-state index contributed by atoms with van der Waals surface area (Å²) in [6, 6.07) is 8.18. The molecule has 0 atom stereocenters. The van der Waals surface area contributed by atoms with Gasteiger partial charge in [-0.3, -0.25) is 0 Å². The van der Waals surface area contributed by atoms with Gasteiger partial charge in [0.1, 0.15) is 5.75 Å². The number of benzene rings is 2. The predicted octanol–water partition coefficient (Wildman–Crippen LogP) is 2.79. The van der Waals surface area contributed by atoms with Crippen LogP contribution < -0.4 is 9.46 Å². The number of rotatable bonds is 5. The van der Waals surface area contributed by atoms with Crippen molar-refractivity contribution in [1.82, 2.24) is 9.55 Å². The summed E-state index contributed by atoms with van der Waals surface area (Å²) in [4.78, 5) is 16.2. The van der Waals surface area contributed by atoms with Crippen molar-refractivity contribution in [3.63, 3.8) is 0 Å². The van der Waals surface area contributed by atoms with Gasteiger partial charge >= 0.3 is 5.97 Å². The molecule has 9 heteroatoms. The smallest absolute Gasteiger partial charge is 0.337 e. The fourth-order valence-corrected chi connectivity index (χ4v) is 4.65. The average molecular weight is 403 g/mol. The zero-order chi connectivity index (χ0) is 20.6. The van der Waals surface area contributed by atoms with E-state index in [0.29, 0.717) is 33.5 Å². The Balaban J connectivity index is 2.04. The second-order valence-corrected chi connectivity index (χ2v) is 8.00. The third-order valence-electron chi connectivity index (χ3n) is 4.47. The molecule has 0 saturated carbocycles. The van der Waals surface area contributed by atoms with Crippen molar-refractivity contribution >= 4 is 33.0 Å². The Labute approximate surface area is 163 Å². The molecule has 28 heavy (non-hydrogen) atoms. The van der Waals surface area contributed by atoms with Gasteiger partial charge in [0.05, 0.1) is 35.7 Å². The van der Waals surface area contributed by atoms with Crippen molar-refractivity contribution in [1.29, 1.82) is 0 Å². The number of anilines is 1. The number of fused-ring (bicyclic) bond motifs is 1. The van der Waals surface area contributed by atoms with Crippen molar-refractivity contribution in [2.24, 2.45) is 7.05 Å². The van der Waals surface area contributed by atoms with E-state index >= 15 is 0 Å². The van der Waals surface area contributed by atoms with Gasteiger partial charge < -0.3 is 14.0 Å². The standard InChI is InChI=1S/C19H21N3O5S/c1-11-8-14(26-4)9-12(2)17(11)28(24,25)21-19-20-15-10-13(18(23)27-5)6-7-16(15)22(19)3/h6-10H,1-5H3,(H,20,21). The highest BCUT2D eigenvalue weighted by atomic mass is 32.2. The fourth-order valence-electron chi connectivity index (χ4n) is 3.16. The van der Waals surface area contributed by atoms with Gasteiger partial charge in [-0.15, -0.1) is 0 Å². The van der Waals surface area contributed by atoms with Gasteiger partial charge in [-0.25, -0.2) is 22.9 Å². The highest BCUT2D eigenvalue weighted by Crippen LogP contribution is 2.28. The van der Waals surface area contributed by atoms with Crippen LogP contribution in [-0.4, -0.2) is 38.2 Å². The summed E-state index contributed by atoms with van der Waals surface area (Å²) in [5, 5.41) is 0. The molecule has 0 spiro atoms. The van der Waals surface area contributed by atoms with Crippen LogP contribution in [0.2, 0.25) is 0 Å². The van der Waals surface area contributed by atoms with Crippen LogP contribution in [0.15, 0.2) is 35.2 Å². The lowest BCUT2D eigenvalue weighted by atomic mass is 10.1. The summed E-state index contributed by atoms with van der Waals surface area (Å²) >= 11 is 0. The first-order valence-electron chi connectivity index (χ1n) is 8.40. The minimum Gasteiger partial charge on any atom is -0.497 e. The maximum atomic E-state index is 13.0. The van der Waals surface area contributed by atoms with E-state index in [1.165, 1.54) is 14.2 Å². The molecular weight excluding hydrogens is 382 g/mol. The second kappa shape index (κ2) is 7.16. The Morgan fingerprint density at radius 2 is 1.75 bits per heavy atom. The lowest BCUT2D eigenvalue weighted by molar-refractivity contribution is 0.0601. The van der Waals surface area contributed by atoms with E-state index in [0.717, 1.165) is 0 Å². The van der Waals surface area contributed by atoms with E-state index in [2.05, 4.69) is 9.71 Å². The first kappa shape index (κ1) is 19.7. The van der Waals surface area contributed by atoms with E-state index in [9.17, 15) is 13.2 Å². The Morgan fingerprint density at radius 1 is 1.11 bits per heavy atom. The zero-order valence-corrected chi connectivity index (χ0v) is 17.0. The lowest BCUT2D eigenvalue weighted by Gasteiger charge is -2.14. The lowest BCUT2D eigenvalue weighted by Crippen LogP contribution is -2.18. The van der Waals surface area contributed by atoms with E-state index in [1.807, 2.05) is 0 Å². The predicted molar refractivity (Wildman–Crippen MR) is 105 cm³/mol. The van der Waals surface area contributed by atoms with Crippen LogP contribution in [0, 0.1) is 13.8 Å². The summed E-state index contributed by atoms with van der Waals surface area (Å²) in [6.45, 7) is 3.42. The number of sulfonamides is 1. The van der Waals surface area contributed by atoms with E-state index in [4.69, 9.17) is 9.47 Å². The maximum Gasteiger partial charge on any atom is 0.337 e. The Morgan fingerprint density at radius 3 is 2.32 bits per heavy atom. The molecule has 0 amide bonds. The number of carbonyl (C=O) groups is 1. The molecule has 1 aromatic heterocycles. The molecule has 2 aromatic carbocycles. The molecule has 0 bridgehead atoms. The second-order valence-electron chi connectivity index (χ2n) is 6.39. The number of methoxy groups -OCH3 is 2. The molecule has 0 radical (unpaired) electrons. The number of ether oxygens (including phenoxy) is 2. The molecule has 0 saturated heterocycles. The number of esters is 1. The van der Waals surface area contributed by atoms with Crippen LogP contribution >= 0.6 is 0 Å². The van der Waals surface area contributed by atoms with Crippen LogP contribution in [0.1, 0.15) is 21.5 Å². The summed E-state index contributed by atoms with van der Waals surface area (Å²) in [5.74, 6) is 0.248. The molecule has 0 aliphatic heterocycles. The molecule has 1 heterocycles. The number of hydrogen-bond donors (Lipinski definition) is 1. The summed E-state index contributed by atoms with van der Waals surface area (Å²) in [7, 11) is 0.638. The highest BCUT2D eigenvalue weighted by molar-refractivity contribution is 7.92. The number of aromatic nitrogens is 2. The highest BCUT2D eigenvalue weighted by Gasteiger charge is 2.23. The van der Waals surface area contributed by atoms with Crippen LogP contribution in [0.3, 0.4) is 0 Å². The normalized spacial score (nSPS) is 11.5. The Hall–Kier alpha value is -3.07. The van der Waals surface area contributed by atoms with Crippen LogP contribution in [0.5, 0.6) is 5.75 Å². The van der Waals surface area contributed by atoms with Crippen molar-refractivity contribution in [3.8, 4) is 5.75 Å². The van der Waals surface area contributed by atoms with Crippen LogP contribution in [0.4, 0.5) is 5.95 Å². The van der Waals surface area contributed by atoms with E-state index in [-0.39, 0.29) is 10.8 Å². The quantitative estimate of drug-likeness (QED) is 0.658. The number of imidazole rings is 1. The van der Waals surface area contributed by atoms with E-state index in [1.54, 1.807) is 55.8 Å². The number of carbonyl (C=O) groups excluding carboxylic acids is 1. The summed E-state index contributed by atoms with van der Waals surface area (Å²) < 4.78 is 40.1. The molecule has 3 aromatic rings. The fraction of sp³-hybridized carbons (Fsp3) is 0.263. The van der Waals surface area contributed by atoms with Gasteiger partial charge in [-0.05, 0) is 55.3 Å². The molecule has 0 aliphatic carbocycles. The van der Waals surface area contributed by atoms with Crippen LogP contribution in [0.25, 0.3) is 11.0 Å². The van der Waals surface area contributed by atoms with Crippen LogP contribution in [-0.2, 0) is 21.8 Å². The first-order valence-corrected chi connectivity index (χ1v) is 9.89. The van der Waals surface area contributed by atoms with Crippen molar-refractivity contribution in [2.45, 2.75) is 18.7 Å². The molecule has 3 rings (SSSR count). The molecule has 1 N–H and O–H groups in total. The molecule has 0 fully saturated rings. The third kappa shape index (κ3) is 3.40. The SMILES string of the molecule is COC(=O)c1ccc2c(c1)nc(NS(=O)(=O)c1c(C)cc(OC)cc1C)n2C. The minimum atomic E-state index is -3.88. The molecule has 0 aliphatic rings. The number of nitrogens with zero attached hydrogens (tertiary/aromatic N) is 2. The van der Waals surface area contributed by atoms with Gasteiger partial charge in [-0.1, -0.05) is 0 Å². The first-order chi connectivity index (χ1) is 13.2. The monoisotopic (exact) mass is 403 g/mol. The molecular formula is C19H21N3O5S. The maximum absolute atomic E-state index is 13.0.